The van der Waals surface area contributed by atoms with Crippen molar-refractivity contribution in [2.45, 2.75) is 18.9 Å². The summed E-state index contributed by atoms with van der Waals surface area (Å²) in [4.78, 5) is 4.43. The van der Waals surface area contributed by atoms with Crippen LogP contribution in [0.25, 0.3) is 12.2 Å². The lowest BCUT2D eigenvalue weighted by Crippen LogP contribution is -2.01. The Hall–Kier alpha value is -3.03. The SMILES string of the molecule is Clc1ccc(C=Cc2nc(COc3ccc(CSCCn4ccnn4)cc3)co2)cc1. The molecule has 0 N–H and O–H groups in total. The van der Waals surface area contributed by atoms with Gasteiger partial charge in [0.2, 0.25) is 5.89 Å². The third kappa shape index (κ3) is 6.73. The van der Waals surface area contributed by atoms with E-state index in [9.17, 15) is 0 Å². The first-order valence-corrected chi connectivity index (χ1v) is 11.3. The van der Waals surface area contributed by atoms with Crippen molar-refractivity contribution in [1.29, 1.82) is 0 Å². The van der Waals surface area contributed by atoms with Gasteiger partial charge in [0.15, 0.2) is 0 Å². The van der Waals surface area contributed by atoms with E-state index in [0.29, 0.717) is 17.5 Å². The van der Waals surface area contributed by atoms with Crippen LogP contribution in [0, 0.1) is 0 Å². The van der Waals surface area contributed by atoms with Crippen LogP contribution in [0.15, 0.2) is 71.6 Å². The van der Waals surface area contributed by atoms with Crippen molar-refractivity contribution in [3.63, 3.8) is 0 Å². The molecule has 0 spiro atoms. The molecule has 2 aromatic heterocycles. The zero-order valence-corrected chi connectivity index (χ0v) is 18.3. The second-order valence-corrected chi connectivity index (χ2v) is 8.25. The third-order valence-corrected chi connectivity index (χ3v) is 5.63. The summed E-state index contributed by atoms with van der Waals surface area (Å²) in [7, 11) is 0. The second kappa shape index (κ2) is 10.8. The van der Waals surface area contributed by atoms with Crippen molar-refractivity contribution < 1.29 is 9.15 Å². The van der Waals surface area contributed by atoms with Crippen LogP contribution in [0.5, 0.6) is 5.75 Å². The van der Waals surface area contributed by atoms with E-state index in [1.165, 1.54) is 5.56 Å². The van der Waals surface area contributed by atoms with E-state index in [4.69, 9.17) is 20.8 Å². The number of hydrogen-bond donors (Lipinski definition) is 0. The molecule has 0 bridgehead atoms. The average molecular weight is 453 g/mol. The van der Waals surface area contributed by atoms with Gasteiger partial charge in [-0.3, -0.25) is 4.68 Å². The maximum Gasteiger partial charge on any atom is 0.218 e. The Morgan fingerprint density at radius 2 is 1.90 bits per heavy atom. The molecule has 0 aliphatic rings. The van der Waals surface area contributed by atoms with Gasteiger partial charge in [0.05, 0.1) is 12.7 Å². The Morgan fingerprint density at radius 1 is 1.06 bits per heavy atom. The van der Waals surface area contributed by atoms with Gasteiger partial charge >= 0.3 is 0 Å². The first-order valence-electron chi connectivity index (χ1n) is 9.76. The molecular weight excluding hydrogens is 432 g/mol. The first-order chi connectivity index (χ1) is 15.2. The van der Waals surface area contributed by atoms with Crippen molar-refractivity contribution >= 4 is 35.5 Å². The minimum atomic E-state index is 0.351. The van der Waals surface area contributed by atoms with E-state index in [0.717, 1.165) is 35.1 Å². The van der Waals surface area contributed by atoms with E-state index >= 15 is 0 Å². The van der Waals surface area contributed by atoms with E-state index in [2.05, 4.69) is 27.4 Å². The Bertz CT molecular complexity index is 1090. The van der Waals surface area contributed by atoms with Crippen LogP contribution in [0.1, 0.15) is 22.7 Å². The van der Waals surface area contributed by atoms with Gasteiger partial charge in [-0.1, -0.05) is 41.1 Å². The molecule has 0 unspecified atom stereocenters. The zero-order chi connectivity index (χ0) is 21.3. The highest BCUT2D eigenvalue weighted by Crippen LogP contribution is 2.18. The second-order valence-electron chi connectivity index (χ2n) is 6.71. The zero-order valence-electron chi connectivity index (χ0n) is 16.7. The number of nitrogens with zero attached hydrogens (tertiary/aromatic N) is 4. The molecule has 158 valence electrons. The molecule has 0 saturated carbocycles. The number of ether oxygens (including phenoxy) is 1. The molecule has 6 nitrogen and oxygen atoms in total. The molecule has 2 aromatic carbocycles. The summed E-state index contributed by atoms with van der Waals surface area (Å²) in [5, 5.41) is 8.48. The third-order valence-electron chi connectivity index (χ3n) is 4.37. The molecule has 4 aromatic rings. The fourth-order valence-electron chi connectivity index (χ4n) is 2.75. The number of thioether (sulfide) groups is 1. The highest BCUT2D eigenvalue weighted by Gasteiger charge is 2.03. The van der Waals surface area contributed by atoms with Crippen molar-refractivity contribution in [1.82, 2.24) is 20.0 Å². The van der Waals surface area contributed by atoms with Crippen LogP contribution >= 0.6 is 23.4 Å². The lowest BCUT2D eigenvalue weighted by molar-refractivity contribution is 0.301. The summed E-state index contributed by atoms with van der Waals surface area (Å²) in [5.41, 5.74) is 3.02. The quantitative estimate of drug-likeness (QED) is 0.292. The summed E-state index contributed by atoms with van der Waals surface area (Å²) < 4.78 is 13.1. The van der Waals surface area contributed by atoms with Gasteiger partial charge in [0, 0.05) is 28.8 Å². The lowest BCUT2D eigenvalue weighted by atomic mass is 10.2. The standard InChI is InChI=1S/C23H21ClN4O2S/c24-20-6-1-18(2-7-20)5-10-23-26-21(16-30-23)15-29-22-8-3-19(4-9-22)17-31-14-13-28-12-11-25-27-28/h1-12,16H,13-15,17H2. The Labute approximate surface area is 189 Å². The predicted octanol–water partition coefficient (Wildman–Crippen LogP) is 5.60. The van der Waals surface area contributed by atoms with Crippen LogP contribution in [0.2, 0.25) is 5.02 Å². The Morgan fingerprint density at radius 3 is 2.68 bits per heavy atom. The van der Waals surface area contributed by atoms with E-state index < -0.39 is 0 Å². The number of oxazole rings is 1. The summed E-state index contributed by atoms with van der Waals surface area (Å²) in [6, 6.07) is 15.7. The lowest BCUT2D eigenvalue weighted by Gasteiger charge is -2.06. The topological polar surface area (TPSA) is 66.0 Å². The van der Waals surface area contributed by atoms with Crippen LogP contribution in [-0.2, 0) is 18.9 Å². The van der Waals surface area contributed by atoms with Gasteiger partial charge in [-0.25, -0.2) is 4.98 Å². The van der Waals surface area contributed by atoms with Crippen LogP contribution in [-0.4, -0.2) is 25.7 Å². The van der Waals surface area contributed by atoms with Gasteiger partial charge in [-0.05, 0) is 41.5 Å². The summed E-state index contributed by atoms with van der Waals surface area (Å²) in [6.07, 6.45) is 8.93. The number of rotatable bonds is 10. The molecule has 0 amide bonds. The van der Waals surface area contributed by atoms with E-state index in [-0.39, 0.29) is 0 Å². The highest BCUT2D eigenvalue weighted by molar-refractivity contribution is 7.98. The van der Waals surface area contributed by atoms with Crippen molar-refractivity contribution in [3.05, 3.63) is 94.9 Å². The fraction of sp³-hybridized carbons (Fsp3) is 0.174. The van der Waals surface area contributed by atoms with Crippen LogP contribution in [0.4, 0.5) is 0 Å². The van der Waals surface area contributed by atoms with Gasteiger partial charge in [-0.2, -0.15) is 11.8 Å². The van der Waals surface area contributed by atoms with Crippen molar-refractivity contribution in [3.8, 4) is 5.75 Å². The largest absolute Gasteiger partial charge is 0.487 e. The molecule has 0 radical (unpaired) electrons. The number of halogens is 1. The molecular formula is C23H21ClN4O2S. The molecule has 0 saturated heterocycles. The minimum absolute atomic E-state index is 0.351. The van der Waals surface area contributed by atoms with Crippen LogP contribution < -0.4 is 4.74 Å². The van der Waals surface area contributed by atoms with Gasteiger partial charge in [0.1, 0.15) is 24.3 Å². The molecule has 8 heteroatoms. The Kier molecular flexibility index (Phi) is 7.41. The van der Waals surface area contributed by atoms with Crippen molar-refractivity contribution in [2.24, 2.45) is 0 Å². The molecule has 0 fully saturated rings. The summed E-state index contributed by atoms with van der Waals surface area (Å²) in [6.45, 7) is 1.21. The molecule has 0 aliphatic carbocycles. The summed E-state index contributed by atoms with van der Waals surface area (Å²) >= 11 is 7.76. The molecule has 31 heavy (non-hydrogen) atoms. The summed E-state index contributed by atoms with van der Waals surface area (Å²) in [5.74, 6) is 3.27. The monoisotopic (exact) mass is 452 g/mol. The smallest absolute Gasteiger partial charge is 0.218 e. The molecule has 0 atom stereocenters. The minimum Gasteiger partial charge on any atom is -0.487 e. The number of aromatic nitrogens is 4. The van der Waals surface area contributed by atoms with E-state index in [1.54, 1.807) is 12.5 Å². The van der Waals surface area contributed by atoms with Gasteiger partial charge < -0.3 is 9.15 Å². The number of aryl methyl sites for hydroxylation is 1. The first kappa shape index (κ1) is 21.2. The molecule has 2 heterocycles. The predicted molar refractivity (Wildman–Crippen MR) is 124 cm³/mol. The van der Waals surface area contributed by atoms with Gasteiger partial charge in [0.25, 0.3) is 0 Å². The average Bonchev–Trinajstić information content (AvgIpc) is 3.48. The maximum absolute atomic E-state index is 5.90. The highest BCUT2D eigenvalue weighted by atomic mass is 35.5. The molecule has 4 rings (SSSR count). The normalized spacial score (nSPS) is 11.3. The number of benzene rings is 2. The van der Waals surface area contributed by atoms with Crippen LogP contribution in [0.3, 0.4) is 0 Å². The number of hydrogen-bond acceptors (Lipinski definition) is 6. The van der Waals surface area contributed by atoms with Gasteiger partial charge in [-0.15, -0.1) is 5.10 Å². The molecule has 0 aliphatic heterocycles. The Balaban J connectivity index is 1.20. The maximum atomic E-state index is 5.90. The van der Waals surface area contributed by atoms with E-state index in [1.807, 2.05) is 71.2 Å². The van der Waals surface area contributed by atoms with Crippen molar-refractivity contribution in [2.75, 3.05) is 5.75 Å². The fourth-order valence-corrected chi connectivity index (χ4v) is 3.76.